The number of benzene rings is 2. The Morgan fingerprint density at radius 3 is 2.61 bits per heavy atom. The molecule has 0 aliphatic rings. The number of hydrogen-bond acceptors (Lipinski definition) is 4. The monoisotopic (exact) mass is 313 g/mol. The summed E-state index contributed by atoms with van der Waals surface area (Å²) >= 11 is 0. The number of nitro groups is 1. The molecule has 23 heavy (non-hydrogen) atoms. The summed E-state index contributed by atoms with van der Waals surface area (Å²) in [7, 11) is 0. The molecule has 0 bridgehead atoms. The van der Waals surface area contributed by atoms with Crippen LogP contribution in [0.15, 0.2) is 42.5 Å². The molecule has 2 aromatic carbocycles. The first-order valence-electron chi connectivity index (χ1n) is 7.38. The summed E-state index contributed by atoms with van der Waals surface area (Å²) in [6.07, 6.45) is 0. The van der Waals surface area contributed by atoms with E-state index in [1.165, 1.54) is 18.2 Å². The third-order valence-electron chi connectivity index (χ3n) is 3.50. The van der Waals surface area contributed by atoms with E-state index in [4.69, 9.17) is 0 Å². The van der Waals surface area contributed by atoms with E-state index in [9.17, 15) is 14.9 Å². The highest BCUT2D eigenvalue weighted by Gasteiger charge is 2.14. The fraction of sp³-hybridized carbons (Fsp3) is 0.235. The molecule has 6 nitrogen and oxygen atoms in total. The first-order chi connectivity index (χ1) is 11.0. The van der Waals surface area contributed by atoms with E-state index in [1.807, 2.05) is 31.2 Å². The van der Waals surface area contributed by atoms with Gasteiger partial charge in [0.2, 0.25) is 0 Å². The lowest BCUT2D eigenvalue weighted by molar-refractivity contribution is -0.384. The van der Waals surface area contributed by atoms with Gasteiger partial charge < -0.3 is 10.6 Å². The molecule has 0 aromatic heterocycles. The molecule has 0 fully saturated rings. The zero-order valence-electron chi connectivity index (χ0n) is 13.1. The van der Waals surface area contributed by atoms with Gasteiger partial charge in [0, 0.05) is 29.9 Å². The van der Waals surface area contributed by atoms with Crippen molar-refractivity contribution < 1.29 is 9.72 Å². The molecule has 0 radical (unpaired) electrons. The molecule has 0 unspecified atom stereocenters. The van der Waals surface area contributed by atoms with E-state index in [0.717, 1.165) is 17.8 Å². The second-order valence-corrected chi connectivity index (χ2v) is 5.15. The summed E-state index contributed by atoms with van der Waals surface area (Å²) in [4.78, 5) is 22.7. The molecular formula is C17H19N3O3. The molecule has 6 heteroatoms. The van der Waals surface area contributed by atoms with E-state index in [1.54, 1.807) is 6.92 Å². The number of aryl methyl sites for hydroxylation is 1. The Bertz CT molecular complexity index is 729. The van der Waals surface area contributed by atoms with Crippen molar-refractivity contribution in [2.24, 2.45) is 0 Å². The standard InChI is InChI=1S/C17H19N3O3/c1-3-18-11-13-6-4-5-7-16(13)19-17(21)15-9-8-14(20(22)23)10-12(15)2/h4-10,18H,3,11H2,1-2H3,(H,19,21). The smallest absolute Gasteiger partial charge is 0.269 e. The van der Waals surface area contributed by atoms with E-state index in [0.29, 0.717) is 17.7 Å². The van der Waals surface area contributed by atoms with Crippen LogP contribution in [-0.2, 0) is 6.54 Å². The SMILES string of the molecule is CCNCc1ccccc1NC(=O)c1ccc([N+](=O)[O-])cc1C. The zero-order chi connectivity index (χ0) is 16.8. The Morgan fingerprint density at radius 2 is 1.96 bits per heavy atom. The van der Waals surface area contributed by atoms with Crippen LogP contribution in [0.4, 0.5) is 11.4 Å². The summed E-state index contributed by atoms with van der Waals surface area (Å²) < 4.78 is 0. The fourth-order valence-corrected chi connectivity index (χ4v) is 2.26. The largest absolute Gasteiger partial charge is 0.322 e. The summed E-state index contributed by atoms with van der Waals surface area (Å²) in [6, 6.07) is 11.8. The number of carbonyl (C=O) groups excluding carboxylic acids is 1. The van der Waals surface area contributed by atoms with Crippen LogP contribution in [0.5, 0.6) is 0 Å². The van der Waals surface area contributed by atoms with Gasteiger partial charge in [0.15, 0.2) is 0 Å². The van der Waals surface area contributed by atoms with E-state index < -0.39 is 4.92 Å². The van der Waals surface area contributed by atoms with Crippen LogP contribution in [-0.4, -0.2) is 17.4 Å². The van der Waals surface area contributed by atoms with Gasteiger partial charge in [-0.1, -0.05) is 25.1 Å². The number of anilines is 1. The van der Waals surface area contributed by atoms with Crippen molar-refractivity contribution in [2.75, 3.05) is 11.9 Å². The maximum atomic E-state index is 12.4. The third-order valence-corrected chi connectivity index (χ3v) is 3.50. The minimum atomic E-state index is -0.472. The molecule has 0 spiro atoms. The second kappa shape index (κ2) is 7.51. The van der Waals surface area contributed by atoms with Crippen LogP contribution >= 0.6 is 0 Å². The van der Waals surface area contributed by atoms with Gasteiger partial charge in [-0.25, -0.2) is 0 Å². The van der Waals surface area contributed by atoms with Crippen LogP contribution in [0, 0.1) is 17.0 Å². The molecule has 0 aliphatic heterocycles. The van der Waals surface area contributed by atoms with Gasteiger partial charge in [-0.2, -0.15) is 0 Å². The Morgan fingerprint density at radius 1 is 1.22 bits per heavy atom. The number of rotatable bonds is 6. The van der Waals surface area contributed by atoms with Crippen LogP contribution in [0.25, 0.3) is 0 Å². The van der Waals surface area contributed by atoms with Crippen LogP contribution in [0.1, 0.15) is 28.4 Å². The van der Waals surface area contributed by atoms with Gasteiger partial charge in [0.05, 0.1) is 4.92 Å². The lowest BCUT2D eigenvalue weighted by Crippen LogP contribution is -2.17. The van der Waals surface area contributed by atoms with Crippen molar-refractivity contribution in [2.45, 2.75) is 20.4 Å². The van der Waals surface area contributed by atoms with Crippen molar-refractivity contribution >= 4 is 17.3 Å². The quantitative estimate of drug-likeness (QED) is 0.633. The van der Waals surface area contributed by atoms with Gasteiger partial charge >= 0.3 is 0 Å². The topological polar surface area (TPSA) is 84.3 Å². The molecule has 0 atom stereocenters. The van der Waals surface area contributed by atoms with Gasteiger partial charge in [0.25, 0.3) is 11.6 Å². The molecule has 2 rings (SSSR count). The van der Waals surface area contributed by atoms with Crippen molar-refractivity contribution in [1.29, 1.82) is 0 Å². The predicted molar refractivity (Wildman–Crippen MR) is 89.6 cm³/mol. The van der Waals surface area contributed by atoms with E-state index in [2.05, 4.69) is 10.6 Å². The first kappa shape index (κ1) is 16.6. The number of hydrogen-bond donors (Lipinski definition) is 2. The summed E-state index contributed by atoms with van der Waals surface area (Å²) in [6.45, 7) is 5.20. The number of amides is 1. The maximum absolute atomic E-state index is 12.4. The van der Waals surface area contributed by atoms with E-state index >= 15 is 0 Å². The van der Waals surface area contributed by atoms with Crippen molar-refractivity contribution in [3.8, 4) is 0 Å². The number of carbonyl (C=O) groups is 1. The number of nitrogens with one attached hydrogen (secondary N) is 2. The molecule has 2 aromatic rings. The molecule has 0 aliphatic carbocycles. The average molecular weight is 313 g/mol. The number of non-ortho nitro benzene ring substituents is 1. The highest BCUT2D eigenvalue weighted by atomic mass is 16.6. The molecule has 1 amide bonds. The first-order valence-corrected chi connectivity index (χ1v) is 7.38. The molecule has 0 heterocycles. The fourth-order valence-electron chi connectivity index (χ4n) is 2.26. The van der Waals surface area contributed by atoms with Crippen molar-refractivity contribution in [3.05, 3.63) is 69.3 Å². The van der Waals surface area contributed by atoms with Crippen molar-refractivity contribution in [1.82, 2.24) is 5.32 Å². The third kappa shape index (κ3) is 4.14. The highest BCUT2D eigenvalue weighted by Crippen LogP contribution is 2.20. The van der Waals surface area contributed by atoms with Crippen LogP contribution in [0.3, 0.4) is 0 Å². The zero-order valence-corrected chi connectivity index (χ0v) is 13.1. The average Bonchev–Trinajstić information content (AvgIpc) is 2.53. The Hall–Kier alpha value is -2.73. The molecule has 120 valence electrons. The van der Waals surface area contributed by atoms with Gasteiger partial charge in [0.1, 0.15) is 0 Å². The summed E-state index contributed by atoms with van der Waals surface area (Å²) in [5, 5.41) is 16.9. The molecular weight excluding hydrogens is 294 g/mol. The van der Waals surface area contributed by atoms with E-state index in [-0.39, 0.29) is 11.6 Å². The van der Waals surface area contributed by atoms with Crippen LogP contribution < -0.4 is 10.6 Å². The van der Waals surface area contributed by atoms with Gasteiger partial charge in [-0.3, -0.25) is 14.9 Å². The lowest BCUT2D eigenvalue weighted by Gasteiger charge is -2.12. The molecule has 0 saturated carbocycles. The summed E-state index contributed by atoms with van der Waals surface area (Å²) in [5.41, 5.74) is 2.69. The van der Waals surface area contributed by atoms with Crippen molar-refractivity contribution in [3.63, 3.8) is 0 Å². The normalized spacial score (nSPS) is 10.3. The minimum absolute atomic E-state index is 0.0217. The highest BCUT2D eigenvalue weighted by molar-refractivity contribution is 6.05. The maximum Gasteiger partial charge on any atom is 0.269 e. The lowest BCUT2D eigenvalue weighted by atomic mass is 10.1. The number of nitro benzene ring substituents is 1. The summed E-state index contributed by atoms with van der Waals surface area (Å²) in [5.74, 6) is -0.277. The molecule has 2 N–H and O–H groups in total. The Kier molecular flexibility index (Phi) is 5.43. The Balaban J connectivity index is 2.21. The minimum Gasteiger partial charge on any atom is -0.322 e. The second-order valence-electron chi connectivity index (χ2n) is 5.15. The number of para-hydroxylation sites is 1. The molecule has 0 saturated heterocycles. The predicted octanol–water partition coefficient (Wildman–Crippen LogP) is 3.27. The number of nitrogens with zero attached hydrogens (tertiary/aromatic N) is 1. The van der Waals surface area contributed by atoms with Gasteiger partial charge in [-0.05, 0) is 36.7 Å². The van der Waals surface area contributed by atoms with Crippen LogP contribution in [0.2, 0.25) is 0 Å². The van der Waals surface area contributed by atoms with Gasteiger partial charge in [-0.15, -0.1) is 0 Å². The Labute approximate surface area is 134 Å².